The fraction of sp³-hybridized carbons (Fsp3) is 0.647. The van der Waals surface area contributed by atoms with Gasteiger partial charge in [-0.25, -0.2) is 4.39 Å². The molecule has 0 bridgehead atoms. The molecule has 0 atom stereocenters. The molecule has 1 aliphatic rings. The predicted molar refractivity (Wildman–Crippen MR) is 80.0 cm³/mol. The summed E-state index contributed by atoms with van der Waals surface area (Å²) in [6.07, 6.45) is 5.13. The van der Waals surface area contributed by atoms with Gasteiger partial charge in [0, 0.05) is 18.7 Å². The van der Waals surface area contributed by atoms with Gasteiger partial charge in [-0.2, -0.15) is 0 Å². The summed E-state index contributed by atoms with van der Waals surface area (Å²) in [4.78, 5) is 0. The van der Waals surface area contributed by atoms with Gasteiger partial charge in [-0.3, -0.25) is 0 Å². The number of hydrogen-bond acceptors (Lipinski definition) is 2. The van der Waals surface area contributed by atoms with E-state index in [9.17, 15) is 9.50 Å². The number of rotatable bonds is 5. The lowest BCUT2D eigenvalue weighted by molar-refractivity contribution is -0.00885. The molecule has 0 amide bonds. The smallest absolute Gasteiger partial charge is 0.127 e. The van der Waals surface area contributed by atoms with Crippen molar-refractivity contribution in [3.05, 3.63) is 35.1 Å². The molecule has 1 aliphatic carbocycles. The van der Waals surface area contributed by atoms with Crippen molar-refractivity contribution in [2.75, 3.05) is 6.54 Å². The molecule has 0 unspecified atom stereocenters. The predicted octanol–water partition coefficient (Wildman–Crippen LogP) is 3.56. The second-order valence-electron chi connectivity index (χ2n) is 6.27. The van der Waals surface area contributed by atoms with Gasteiger partial charge in [0.1, 0.15) is 5.82 Å². The molecule has 0 radical (unpaired) electrons. The molecule has 0 aliphatic heterocycles. The highest BCUT2D eigenvalue weighted by molar-refractivity contribution is 5.23. The van der Waals surface area contributed by atoms with E-state index in [1.54, 1.807) is 6.07 Å². The fourth-order valence-electron chi connectivity index (χ4n) is 3.07. The minimum atomic E-state index is -0.605. The zero-order valence-corrected chi connectivity index (χ0v) is 12.6. The summed E-state index contributed by atoms with van der Waals surface area (Å²) in [5.74, 6) is 0.592. The van der Waals surface area contributed by atoms with E-state index in [-0.39, 0.29) is 5.82 Å². The van der Waals surface area contributed by atoms with Gasteiger partial charge in [0.15, 0.2) is 0 Å². The molecule has 20 heavy (non-hydrogen) atoms. The summed E-state index contributed by atoms with van der Waals surface area (Å²) < 4.78 is 13.6. The van der Waals surface area contributed by atoms with Gasteiger partial charge in [-0.1, -0.05) is 31.0 Å². The van der Waals surface area contributed by atoms with E-state index >= 15 is 0 Å². The van der Waals surface area contributed by atoms with E-state index in [2.05, 4.69) is 12.2 Å². The second-order valence-corrected chi connectivity index (χ2v) is 6.27. The molecule has 0 saturated heterocycles. The van der Waals surface area contributed by atoms with Crippen LogP contribution >= 0.6 is 0 Å². The van der Waals surface area contributed by atoms with E-state index in [0.717, 1.165) is 37.2 Å². The van der Waals surface area contributed by atoms with Gasteiger partial charge >= 0.3 is 0 Å². The Bertz CT molecular complexity index is 439. The highest BCUT2D eigenvalue weighted by Crippen LogP contribution is 2.33. The molecular weight excluding hydrogens is 253 g/mol. The summed E-state index contributed by atoms with van der Waals surface area (Å²) in [6.45, 7) is 5.21. The van der Waals surface area contributed by atoms with E-state index in [0.29, 0.717) is 18.7 Å². The van der Waals surface area contributed by atoms with Gasteiger partial charge in [-0.15, -0.1) is 0 Å². The van der Waals surface area contributed by atoms with Crippen molar-refractivity contribution in [1.82, 2.24) is 5.32 Å². The Morgan fingerprint density at radius 3 is 2.70 bits per heavy atom. The SMILES string of the molecule is CCC1CCC(O)(CNCc2cc(C)ccc2F)CC1. The molecule has 2 nitrogen and oxygen atoms in total. The summed E-state index contributed by atoms with van der Waals surface area (Å²) in [5, 5.41) is 13.8. The van der Waals surface area contributed by atoms with Crippen LogP contribution in [-0.2, 0) is 6.54 Å². The average molecular weight is 279 g/mol. The monoisotopic (exact) mass is 279 g/mol. The Balaban J connectivity index is 1.82. The molecule has 0 aromatic heterocycles. The molecule has 0 heterocycles. The van der Waals surface area contributed by atoms with Crippen molar-refractivity contribution in [3.8, 4) is 0 Å². The Morgan fingerprint density at radius 2 is 2.05 bits per heavy atom. The zero-order chi connectivity index (χ0) is 14.6. The standard InChI is InChI=1S/C17H26FNO/c1-3-14-6-8-17(20,9-7-14)12-19-11-15-10-13(2)4-5-16(15)18/h4-5,10,14,19-20H,3,6-9,11-12H2,1-2H3. The molecule has 1 saturated carbocycles. The van der Waals surface area contributed by atoms with E-state index in [1.165, 1.54) is 12.5 Å². The second kappa shape index (κ2) is 6.68. The van der Waals surface area contributed by atoms with Crippen LogP contribution in [0.1, 0.15) is 50.2 Å². The Kier molecular flexibility index (Phi) is 5.17. The molecule has 1 aromatic rings. The van der Waals surface area contributed by atoms with Crippen molar-refractivity contribution in [2.45, 2.75) is 58.1 Å². The van der Waals surface area contributed by atoms with Crippen LogP contribution < -0.4 is 5.32 Å². The van der Waals surface area contributed by atoms with Crippen molar-refractivity contribution in [2.24, 2.45) is 5.92 Å². The Morgan fingerprint density at radius 1 is 1.35 bits per heavy atom. The van der Waals surface area contributed by atoms with E-state index in [1.807, 2.05) is 13.0 Å². The number of hydrogen-bond donors (Lipinski definition) is 2. The van der Waals surface area contributed by atoms with Gasteiger partial charge in [0.05, 0.1) is 5.60 Å². The molecule has 3 heteroatoms. The third-order valence-electron chi connectivity index (χ3n) is 4.58. The number of aliphatic hydroxyl groups is 1. The van der Waals surface area contributed by atoms with E-state index < -0.39 is 5.60 Å². The highest BCUT2D eigenvalue weighted by atomic mass is 19.1. The third-order valence-corrected chi connectivity index (χ3v) is 4.58. The molecule has 1 fully saturated rings. The number of aryl methyl sites for hydroxylation is 1. The molecule has 0 spiro atoms. The maximum absolute atomic E-state index is 13.6. The fourth-order valence-corrected chi connectivity index (χ4v) is 3.07. The van der Waals surface area contributed by atoms with Crippen LogP contribution in [-0.4, -0.2) is 17.3 Å². The average Bonchev–Trinajstić information content (AvgIpc) is 2.43. The summed E-state index contributed by atoms with van der Waals surface area (Å²) in [5.41, 5.74) is 1.13. The van der Waals surface area contributed by atoms with Gasteiger partial charge < -0.3 is 10.4 Å². The first-order chi connectivity index (χ1) is 9.52. The number of nitrogens with one attached hydrogen (secondary N) is 1. The third kappa shape index (κ3) is 4.03. The normalized spacial score (nSPS) is 26.7. The maximum Gasteiger partial charge on any atom is 0.127 e. The van der Waals surface area contributed by atoms with Crippen LogP contribution in [0.3, 0.4) is 0 Å². The lowest BCUT2D eigenvalue weighted by Gasteiger charge is -2.36. The zero-order valence-electron chi connectivity index (χ0n) is 12.6. The van der Waals surface area contributed by atoms with Crippen LogP contribution in [0, 0.1) is 18.7 Å². The maximum atomic E-state index is 13.6. The topological polar surface area (TPSA) is 32.3 Å². The first kappa shape index (κ1) is 15.5. The minimum Gasteiger partial charge on any atom is -0.389 e. The summed E-state index contributed by atoms with van der Waals surface area (Å²) in [7, 11) is 0. The molecule has 2 rings (SSSR count). The van der Waals surface area contributed by atoms with Crippen molar-refractivity contribution in [1.29, 1.82) is 0 Å². The van der Waals surface area contributed by atoms with Crippen LogP contribution in [0.25, 0.3) is 0 Å². The summed E-state index contributed by atoms with van der Waals surface area (Å²) in [6, 6.07) is 5.15. The minimum absolute atomic E-state index is 0.176. The van der Waals surface area contributed by atoms with Crippen LogP contribution in [0.4, 0.5) is 4.39 Å². The Labute approximate surface area is 121 Å². The molecule has 1 aromatic carbocycles. The lowest BCUT2D eigenvalue weighted by atomic mass is 9.78. The number of benzene rings is 1. The lowest BCUT2D eigenvalue weighted by Crippen LogP contribution is -2.43. The van der Waals surface area contributed by atoms with Crippen molar-refractivity contribution < 1.29 is 9.50 Å². The van der Waals surface area contributed by atoms with E-state index in [4.69, 9.17) is 0 Å². The van der Waals surface area contributed by atoms with Crippen LogP contribution in [0.15, 0.2) is 18.2 Å². The summed E-state index contributed by atoms with van der Waals surface area (Å²) >= 11 is 0. The largest absolute Gasteiger partial charge is 0.389 e. The highest BCUT2D eigenvalue weighted by Gasteiger charge is 2.32. The van der Waals surface area contributed by atoms with Crippen molar-refractivity contribution >= 4 is 0 Å². The van der Waals surface area contributed by atoms with Gasteiger partial charge in [-0.05, 0) is 44.6 Å². The van der Waals surface area contributed by atoms with Gasteiger partial charge in [0.25, 0.3) is 0 Å². The first-order valence-corrected chi connectivity index (χ1v) is 7.70. The molecule has 2 N–H and O–H groups in total. The van der Waals surface area contributed by atoms with Crippen LogP contribution in [0.2, 0.25) is 0 Å². The van der Waals surface area contributed by atoms with Crippen LogP contribution in [0.5, 0.6) is 0 Å². The molecular formula is C17H26FNO. The van der Waals surface area contributed by atoms with Gasteiger partial charge in [0.2, 0.25) is 0 Å². The quantitative estimate of drug-likeness (QED) is 0.864. The molecule has 112 valence electrons. The Hall–Kier alpha value is -0.930. The first-order valence-electron chi connectivity index (χ1n) is 7.70. The van der Waals surface area contributed by atoms with Crippen molar-refractivity contribution in [3.63, 3.8) is 0 Å². The number of halogens is 1.